The van der Waals surface area contributed by atoms with Gasteiger partial charge >= 0.3 is 5.97 Å². The fourth-order valence-electron chi connectivity index (χ4n) is 2.46. The van der Waals surface area contributed by atoms with Crippen LogP contribution in [0, 0.1) is 12.3 Å². The second-order valence-electron chi connectivity index (χ2n) is 5.87. The zero-order valence-electron chi connectivity index (χ0n) is 13.4. The third-order valence-electron chi connectivity index (χ3n) is 4.00. The summed E-state index contributed by atoms with van der Waals surface area (Å²) in [5.74, 6) is 1.21. The number of carboxylic acid groups (broad SMARTS) is 1. The molecule has 6 heteroatoms. The van der Waals surface area contributed by atoms with Gasteiger partial charge in [0, 0.05) is 25.7 Å². The number of amides is 1. The van der Waals surface area contributed by atoms with Gasteiger partial charge in [-0.05, 0) is 18.4 Å². The van der Waals surface area contributed by atoms with Gasteiger partial charge in [-0.1, -0.05) is 30.3 Å². The highest BCUT2D eigenvalue weighted by molar-refractivity contribution is 5.83. The highest BCUT2D eigenvalue weighted by Gasteiger charge is 2.39. The van der Waals surface area contributed by atoms with E-state index in [1.165, 1.54) is 0 Å². The molecule has 2 rings (SSSR count). The summed E-state index contributed by atoms with van der Waals surface area (Å²) in [6.07, 6.45) is 8.01. The molecule has 1 aliphatic heterocycles. The number of hydrogen-bond donors (Lipinski definition) is 2. The molecule has 0 spiro atoms. The quantitative estimate of drug-likeness (QED) is 0.647. The number of aryl methyl sites for hydroxylation is 1. The molecule has 126 valence electrons. The second-order valence-corrected chi connectivity index (χ2v) is 5.87. The van der Waals surface area contributed by atoms with E-state index in [-0.39, 0.29) is 12.3 Å². The van der Waals surface area contributed by atoms with Crippen molar-refractivity contribution >= 4 is 11.9 Å². The molecule has 0 bridgehead atoms. The zero-order valence-corrected chi connectivity index (χ0v) is 13.4. The maximum atomic E-state index is 12.0. The Balaban J connectivity index is 1.77. The number of terminal acetylenes is 1. The Kier molecular flexibility index (Phi) is 6.07. The molecule has 1 aromatic rings. The number of carbonyl (C=O) groups is 2. The molecular formula is C18H21N3O3. The number of hydrogen-bond acceptors (Lipinski definition) is 4. The fourth-order valence-corrected chi connectivity index (χ4v) is 2.46. The van der Waals surface area contributed by atoms with Gasteiger partial charge in [0.1, 0.15) is 6.04 Å². The first-order valence-corrected chi connectivity index (χ1v) is 7.98. The Morgan fingerprint density at radius 2 is 1.96 bits per heavy atom. The maximum Gasteiger partial charge on any atom is 0.326 e. The Bertz CT molecular complexity index is 643. The lowest BCUT2D eigenvalue weighted by Crippen LogP contribution is -2.41. The van der Waals surface area contributed by atoms with Gasteiger partial charge < -0.3 is 10.4 Å². The van der Waals surface area contributed by atoms with Gasteiger partial charge in [-0.3, -0.25) is 4.79 Å². The molecule has 24 heavy (non-hydrogen) atoms. The summed E-state index contributed by atoms with van der Waals surface area (Å²) < 4.78 is 0. The lowest BCUT2D eigenvalue weighted by Gasteiger charge is -2.15. The van der Waals surface area contributed by atoms with Crippen LogP contribution in [0.15, 0.2) is 40.6 Å². The van der Waals surface area contributed by atoms with Crippen molar-refractivity contribution in [2.75, 3.05) is 0 Å². The minimum absolute atomic E-state index is 0.187. The predicted molar refractivity (Wildman–Crippen MR) is 89.2 cm³/mol. The zero-order chi connectivity index (χ0) is 17.4. The third-order valence-corrected chi connectivity index (χ3v) is 4.00. The lowest BCUT2D eigenvalue weighted by atomic mass is 10.0. The monoisotopic (exact) mass is 327 g/mol. The van der Waals surface area contributed by atoms with E-state index in [1.807, 2.05) is 30.3 Å². The number of benzene rings is 1. The van der Waals surface area contributed by atoms with E-state index in [0.29, 0.717) is 32.1 Å². The topological polar surface area (TPSA) is 91.1 Å². The number of nitrogens with zero attached hydrogens (tertiary/aromatic N) is 2. The maximum absolute atomic E-state index is 12.0. The van der Waals surface area contributed by atoms with Crippen molar-refractivity contribution in [1.82, 2.24) is 5.32 Å². The van der Waals surface area contributed by atoms with Crippen LogP contribution in [0.25, 0.3) is 0 Å². The first-order chi connectivity index (χ1) is 11.5. The molecule has 1 aliphatic rings. The third kappa shape index (κ3) is 5.51. The van der Waals surface area contributed by atoms with Gasteiger partial charge in [-0.2, -0.15) is 10.2 Å². The molecule has 0 unspecified atom stereocenters. The predicted octanol–water partition coefficient (Wildman–Crippen LogP) is 2.54. The SMILES string of the molecule is C#CCCC1(CCC(=O)N[C@@H](CCc2ccccc2)C(=O)O)N=N1. The van der Waals surface area contributed by atoms with E-state index in [9.17, 15) is 14.7 Å². The largest absolute Gasteiger partial charge is 0.480 e. The molecule has 0 aliphatic carbocycles. The molecule has 6 nitrogen and oxygen atoms in total. The van der Waals surface area contributed by atoms with Crippen molar-refractivity contribution in [2.24, 2.45) is 10.2 Å². The normalized spacial score (nSPS) is 15.3. The van der Waals surface area contributed by atoms with Crippen LogP contribution in [-0.4, -0.2) is 28.7 Å². The van der Waals surface area contributed by atoms with Crippen LogP contribution in [0.4, 0.5) is 0 Å². The number of carboxylic acids is 1. The van der Waals surface area contributed by atoms with Gasteiger partial charge in [0.15, 0.2) is 5.66 Å². The average molecular weight is 327 g/mol. The molecule has 0 radical (unpaired) electrons. The van der Waals surface area contributed by atoms with Crippen LogP contribution in [0.2, 0.25) is 0 Å². The summed E-state index contributed by atoms with van der Waals surface area (Å²) >= 11 is 0. The Labute approximate surface area is 141 Å². The van der Waals surface area contributed by atoms with Gasteiger partial charge in [-0.25, -0.2) is 4.79 Å². The Morgan fingerprint density at radius 3 is 2.54 bits per heavy atom. The van der Waals surface area contributed by atoms with E-state index in [2.05, 4.69) is 21.5 Å². The summed E-state index contributed by atoms with van der Waals surface area (Å²) in [5.41, 5.74) is 0.522. The van der Waals surface area contributed by atoms with Crippen molar-refractivity contribution in [1.29, 1.82) is 0 Å². The van der Waals surface area contributed by atoms with Crippen molar-refractivity contribution in [3.05, 3.63) is 35.9 Å². The summed E-state index contributed by atoms with van der Waals surface area (Å²) in [6.45, 7) is 0. The fraction of sp³-hybridized carbons (Fsp3) is 0.444. The van der Waals surface area contributed by atoms with E-state index >= 15 is 0 Å². The Morgan fingerprint density at radius 1 is 1.25 bits per heavy atom. The summed E-state index contributed by atoms with van der Waals surface area (Å²) in [4.78, 5) is 23.4. The molecule has 0 saturated heterocycles. The van der Waals surface area contributed by atoms with Gasteiger partial charge in [0.25, 0.3) is 0 Å². The summed E-state index contributed by atoms with van der Waals surface area (Å²) in [5, 5.41) is 19.8. The van der Waals surface area contributed by atoms with Crippen LogP contribution < -0.4 is 5.32 Å². The van der Waals surface area contributed by atoms with Crippen molar-refractivity contribution in [3.8, 4) is 12.3 Å². The Hall–Kier alpha value is -2.68. The number of rotatable bonds is 10. The molecule has 0 saturated carbocycles. The van der Waals surface area contributed by atoms with Gasteiger partial charge in [0.2, 0.25) is 5.91 Å². The highest BCUT2D eigenvalue weighted by atomic mass is 16.4. The molecule has 1 heterocycles. The second kappa shape index (κ2) is 8.25. The van der Waals surface area contributed by atoms with Gasteiger partial charge in [0.05, 0.1) is 0 Å². The molecule has 1 aromatic carbocycles. The first-order valence-electron chi connectivity index (χ1n) is 7.98. The van der Waals surface area contributed by atoms with E-state index < -0.39 is 17.7 Å². The molecular weight excluding hydrogens is 306 g/mol. The molecule has 0 aromatic heterocycles. The van der Waals surface area contributed by atoms with E-state index in [4.69, 9.17) is 6.42 Å². The van der Waals surface area contributed by atoms with Gasteiger partial charge in [-0.15, -0.1) is 12.3 Å². The molecule has 0 fully saturated rings. The molecule has 2 N–H and O–H groups in total. The first kappa shape index (κ1) is 17.7. The highest BCUT2D eigenvalue weighted by Crippen LogP contribution is 2.37. The van der Waals surface area contributed by atoms with Crippen molar-refractivity contribution < 1.29 is 14.7 Å². The standard InChI is InChI=1S/C18H21N3O3/c1-2-3-12-18(20-21-18)13-11-16(22)19-15(17(23)24)10-9-14-7-5-4-6-8-14/h1,4-8,15H,3,9-13H2,(H,19,22)(H,23,24)/t15-/m0/s1. The minimum atomic E-state index is -1.03. The minimum Gasteiger partial charge on any atom is -0.480 e. The summed E-state index contributed by atoms with van der Waals surface area (Å²) in [7, 11) is 0. The van der Waals surface area contributed by atoms with Crippen LogP contribution in [0.5, 0.6) is 0 Å². The lowest BCUT2D eigenvalue weighted by molar-refractivity contribution is -0.142. The number of carbonyl (C=O) groups excluding carboxylic acids is 1. The van der Waals surface area contributed by atoms with Crippen molar-refractivity contribution in [3.63, 3.8) is 0 Å². The van der Waals surface area contributed by atoms with Crippen LogP contribution in [-0.2, 0) is 16.0 Å². The molecule has 1 atom stereocenters. The summed E-state index contributed by atoms with van der Waals surface area (Å²) in [6, 6.07) is 8.69. The number of nitrogens with one attached hydrogen (secondary N) is 1. The average Bonchev–Trinajstić information content (AvgIpc) is 3.36. The van der Waals surface area contributed by atoms with E-state index in [1.54, 1.807) is 0 Å². The smallest absolute Gasteiger partial charge is 0.326 e. The number of aliphatic carboxylic acids is 1. The van der Waals surface area contributed by atoms with Crippen LogP contribution in [0.1, 0.15) is 37.7 Å². The van der Waals surface area contributed by atoms with E-state index in [0.717, 1.165) is 5.56 Å². The molecule has 1 amide bonds. The van der Waals surface area contributed by atoms with Crippen molar-refractivity contribution in [2.45, 2.75) is 50.2 Å². The van der Waals surface area contributed by atoms with Crippen LogP contribution in [0.3, 0.4) is 0 Å². The van der Waals surface area contributed by atoms with Crippen LogP contribution >= 0.6 is 0 Å².